The molecule has 0 spiro atoms. The third-order valence-corrected chi connectivity index (χ3v) is 1.88. The lowest BCUT2D eigenvalue weighted by atomic mass is 10.1. The lowest BCUT2D eigenvalue weighted by Crippen LogP contribution is -1.90. The lowest BCUT2D eigenvalue weighted by molar-refractivity contribution is 1.10. The second-order valence-electron chi connectivity index (χ2n) is 2.67. The fraction of sp³-hybridized carbons (Fsp3) is 0.222. The second-order valence-corrected chi connectivity index (χ2v) is 2.67. The molecule has 0 unspecified atom stereocenters. The van der Waals surface area contributed by atoms with E-state index in [0.717, 1.165) is 18.5 Å². The van der Waals surface area contributed by atoms with Crippen LogP contribution in [-0.2, 0) is 6.42 Å². The molecular formula is C9H10N. The molecule has 2 rings (SSSR count). The molecule has 1 N–H and O–H groups in total. The van der Waals surface area contributed by atoms with Crippen molar-refractivity contribution in [2.45, 2.75) is 6.42 Å². The smallest absolute Gasteiger partial charge is 0.0373 e. The fourth-order valence-electron chi connectivity index (χ4n) is 1.36. The van der Waals surface area contributed by atoms with Crippen molar-refractivity contribution in [3.63, 3.8) is 0 Å². The number of fused-ring (bicyclic) bond motifs is 1. The van der Waals surface area contributed by atoms with Gasteiger partial charge in [-0.3, -0.25) is 0 Å². The highest BCUT2D eigenvalue weighted by Gasteiger charge is 2.07. The Balaban J connectivity index is 2.52. The van der Waals surface area contributed by atoms with Crippen molar-refractivity contribution >= 4 is 5.69 Å². The summed E-state index contributed by atoms with van der Waals surface area (Å²) in [5, 5.41) is 3.30. The van der Waals surface area contributed by atoms with Gasteiger partial charge >= 0.3 is 0 Å². The van der Waals surface area contributed by atoms with Gasteiger partial charge in [0.15, 0.2) is 0 Å². The summed E-state index contributed by atoms with van der Waals surface area (Å²) in [6.07, 6.45) is 1.15. The number of anilines is 1. The number of rotatable bonds is 0. The molecule has 0 saturated carbocycles. The van der Waals surface area contributed by atoms with E-state index < -0.39 is 0 Å². The maximum absolute atomic E-state index is 3.87. The van der Waals surface area contributed by atoms with E-state index in [-0.39, 0.29) is 0 Å². The Hall–Kier alpha value is -0.980. The van der Waals surface area contributed by atoms with Crippen molar-refractivity contribution in [2.75, 3.05) is 11.9 Å². The summed E-state index contributed by atoms with van der Waals surface area (Å²) in [4.78, 5) is 0. The van der Waals surface area contributed by atoms with Crippen LogP contribution in [0.3, 0.4) is 0 Å². The standard InChI is InChI=1S/C9H10N/c1-7-2-3-9-8(6-7)4-5-10-9/h2-3,6,10H,1,4-5H2. The molecule has 1 aliphatic heterocycles. The third-order valence-electron chi connectivity index (χ3n) is 1.88. The van der Waals surface area contributed by atoms with Crippen LogP contribution in [0.25, 0.3) is 0 Å². The van der Waals surface area contributed by atoms with Gasteiger partial charge < -0.3 is 5.32 Å². The molecule has 10 heavy (non-hydrogen) atoms. The average Bonchev–Trinajstić information content (AvgIpc) is 2.33. The van der Waals surface area contributed by atoms with Crippen LogP contribution in [0, 0.1) is 6.92 Å². The van der Waals surface area contributed by atoms with Gasteiger partial charge in [-0.25, -0.2) is 0 Å². The van der Waals surface area contributed by atoms with E-state index in [1.54, 1.807) is 0 Å². The average molecular weight is 132 g/mol. The number of hydrogen-bond donors (Lipinski definition) is 1. The monoisotopic (exact) mass is 132 g/mol. The van der Waals surface area contributed by atoms with Gasteiger partial charge in [0.25, 0.3) is 0 Å². The van der Waals surface area contributed by atoms with Gasteiger partial charge in [-0.15, -0.1) is 0 Å². The van der Waals surface area contributed by atoms with E-state index in [2.05, 4.69) is 24.4 Å². The largest absolute Gasteiger partial charge is 0.384 e. The van der Waals surface area contributed by atoms with E-state index in [4.69, 9.17) is 0 Å². The molecule has 1 aromatic carbocycles. The summed E-state index contributed by atoms with van der Waals surface area (Å²) in [6.45, 7) is 4.95. The van der Waals surface area contributed by atoms with Crippen molar-refractivity contribution in [1.29, 1.82) is 0 Å². The Labute approximate surface area is 61.1 Å². The third kappa shape index (κ3) is 0.783. The zero-order valence-corrected chi connectivity index (χ0v) is 5.85. The number of nitrogens with one attached hydrogen (secondary N) is 1. The van der Waals surface area contributed by atoms with Gasteiger partial charge in [0, 0.05) is 12.2 Å². The zero-order chi connectivity index (χ0) is 6.97. The topological polar surface area (TPSA) is 12.0 Å². The van der Waals surface area contributed by atoms with Crippen LogP contribution in [0.2, 0.25) is 0 Å². The number of benzene rings is 1. The predicted octanol–water partition coefficient (Wildman–Crippen LogP) is 1.84. The molecule has 1 radical (unpaired) electrons. The van der Waals surface area contributed by atoms with Gasteiger partial charge in [-0.05, 0) is 30.5 Å². The summed E-state index contributed by atoms with van der Waals surface area (Å²) in [6, 6.07) is 6.29. The first-order chi connectivity index (χ1) is 4.86. The van der Waals surface area contributed by atoms with Gasteiger partial charge in [0.2, 0.25) is 0 Å². The van der Waals surface area contributed by atoms with Crippen LogP contribution in [0.4, 0.5) is 5.69 Å². The zero-order valence-electron chi connectivity index (χ0n) is 5.85. The van der Waals surface area contributed by atoms with Crippen LogP contribution in [0.1, 0.15) is 11.1 Å². The minimum atomic E-state index is 1.08. The Morgan fingerprint density at radius 3 is 3.20 bits per heavy atom. The van der Waals surface area contributed by atoms with E-state index in [0.29, 0.717) is 0 Å². The summed E-state index contributed by atoms with van der Waals surface area (Å²) in [7, 11) is 0. The molecule has 1 nitrogen and oxygen atoms in total. The molecule has 1 aromatic rings. The van der Waals surface area contributed by atoms with Crippen LogP contribution >= 0.6 is 0 Å². The first-order valence-electron chi connectivity index (χ1n) is 3.55. The maximum atomic E-state index is 3.87. The molecule has 1 heteroatoms. The first kappa shape index (κ1) is 5.78. The van der Waals surface area contributed by atoms with Gasteiger partial charge in [-0.1, -0.05) is 12.1 Å². The molecule has 0 aliphatic carbocycles. The second kappa shape index (κ2) is 2.01. The highest BCUT2D eigenvalue weighted by molar-refractivity contribution is 5.56. The van der Waals surface area contributed by atoms with Gasteiger partial charge in [0.05, 0.1) is 0 Å². The highest BCUT2D eigenvalue weighted by Crippen LogP contribution is 2.22. The molecule has 1 aliphatic rings. The van der Waals surface area contributed by atoms with Crippen molar-refractivity contribution in [1.82, 2.24) is 0 Å². The van der Waals surface area contributed by atoms with Crippen molar-refractivity contribution in [2.24, 2.45) is 0 Å². The molecule has 0 atom stereocenters. The Bertz CT molecular complexity index is 253. The molecule has 0 bridgehead atoms. The predicted molar refractivity (Wildman–Crippen MR) is 43.1 cm³/mol. The summed E-state index contributed by atoms with van der Waals surface area (Å²) < 4.78 is 0. The van der Waals surface area contributed by atoms with Crippen molar-refractivity contribution in [3.8, 4) is 0 Å². The Morgan fingerprint density at radius 1 is 1.40 bits per heavy atom. The van der Waals surface area contributed by atoms with Crippen LogP contribution in [0.5, 0.6) is 0 Å². The van der Waals surface area contributed by atoms with E-state index in [1.165, 1.54) is 11.3 Å². The first-order valence-corrected chi connectivity index (χ1v) is 3.55. The normalized spacial score (nSPS) is 14.5. The fourth-order valence-corrected chi connectivity index (χ4v) is 1.36. The highest BCUT2D eigenvalue weighted by atomic mass is 14.9. The number of hydrogen-bond acceptors (Lipinski definition) is 1. The molecule has 0 amide bonds. The van der Waals surface area contributed by atoms with Crippen molar-refractivity contribution < 1.29 is 0 Å². The lowest BCUT2D eigenvalue weighted by Gasteiger charge is -1.98. The van der Waals surface area contributed by atoms with Crippen LogP contribution < -0.4 is 5.32 Å². The van der Waals surface area contributed by atoms with Gasteiger partial charge in [0.1, 0.15) is 0 Å². The van der Waals surface area contributed by atoms with Gasteiger partial charge in [-0.2, -0.15) is 0 Å². The molecular weight excluding hydrogens is 122 g/mol. The minimum absolute atomic E-state index is 1.08. The maximum Gasteiger partial charge on any atom is 0.0373 e. The minimum Gasteiger partial charge on any atom is -0.384 e. The SMILES string of the molecule is [CH2]c1ccc2c(c1)CCN2. The Morgan fingerprint density at radius 2 is 2.30 bits per heavy atom. The molecule has 0 saturated heterocycles. The summed E-state index contributed by atoms with van der Waals surface area (Å²) >= 11 is 0. The summed E-state index contributed by atoms with van der Waals surface area (Å²) in [5.74, 6) is 0. The van der Waals surface area contributed by atoms with Crippen molar-refractivity contribution in [3.05, 3.63) is 36.2 Å². The van der Waals surface area contributed by atoms with E-state index in [9.17, 15) is 0 Å². The molecule has 0 aromatic heterocycles. The summed E-state index contributed by atoms with van der Waals surface area (Å²) in [5.41, 5.74) is 3.81. The molecule has 1 heterocycles. The quantitative estimate of drug-likeness (QED) is 0.568. The van der Waals surface area contributed by atoms with E-state index in [1.807, 2.05) is 6.07 Å². The molecule has 51 valence electrons. The Kier molecular flexibility index (Phi) is 1.16. The van der Waals surface area contributed by atoms with Crippen LogP contribution in [-0.4, -0.2) is 6.54 Å². The van der Waals surface area contributed by atoms with Crippen LogP contribution in [0.15, 0.2) is 18.2 Å². The molecule has 0 fully saturated rings. The van der Waals surface area contributed by atoms with E-state index >= 15 is 0 Å².